The van der Waals surface area contributed by atoms with Crippen molar-refractivity contribution in [2.24, 2.45) is 5.92 Å². The lowest BCUT2D eigenvalue weighted by molar-refractivity contribution is -0.141. The van der Waals surface area contributed by atoms with E-state index in [0.29, 0.717) is 31.1 Å². The molecule has 190 valence electrons. The second-order valence-electron chi connectivity index (χ2n) is 10.00. The predicted molar refractivity (Wildman–Crippen MR) is 142 cm³/mol. The van der Waals surface area contributed by atoms with Crippen LogP contribution in [0, 0.1) is 12.8 Å². The molecule has 0 aliphatic carbocycles. The van der Waals surface area contributed by atoms with Crippen molar-refractivity contribution >= 4 is 11.9 Å². The number of carboxylic acids is 1. The molecule has 3 aromatic rings. The Morgan fingerprint density at radius 2 is 1.92 bits per heavy atom. The SMILES string of the molecule is Cc1cc2ncc1[C@@H]([C@@H](C)C(=O)O)c1ccc3c(c1)CN(CC3)C(=O)c1ccc(cc1)C/C=C/CCO2. The molecule has 0 fully saturated rings. The summed E-state index contributed by atoms with van der Waals surface area (Å²) < 4.78 is 5.87. The monoisotopic (exact) mass is 496 g/mol. The number of pyridine rings is 1. The van der Waals surface area contributed by atoms with Crippen molar-refractivity contribution in [1.82, 2.24) is 9.88 Å². The van der Waals surface area contributed by atoms with Gasteiger partial charge in [0.1, 0.15) is 0 Å². The Labute approximate surface area is 217 Å². The minimum absolute atomic E-state index is 0.0206. The van der Waals surface area contributed by atoms with Crippen LogP contribution in [0.15, 0.2) is 66.9 Å². The number of carbonyl (C=O) groups excluding carboxylic acids is 1. The Morgan fingerprint density at radius 3 is 2.68 bits per heavy atom. The summed E-state index contributed by atoms with van der Waals surface area (Å²) in [4.78, 5) is 31.9. The van der Waals surface area contributed by atoms with Crippen molar-refractivity contribution in [2.45, 2.75) is 45.6 Å². The third kappa shape index (κ3) is 5.29. The Bertz CT molecular complexity index is 1350. The highest BCUT2D eigenvalue weighted by Gasteiger charge is 2.30. The lowest BCUT2D eigenvalue weighted by Gasteiger charge is -2.31. The van der Waals surface area contributed by atoms with Crippen LogP contribution < -0.4 is 4.74 Å². The first kappa shape index (κ1) is 24.8. The lowest BCUT2D eigenvalue weighted by atomic mass is 9.79. The molecule has 8 rings (SSSR count). The number of carboxylic acid groups (broad SMARTS) is 1. The molecule has 6 heteroatoms. The molecule has 6 nitrogen and oxygen atoms in total. The van der Waals surface area contributed by atoms with Crippen LogP contribution in [0.25, 0.3) is 0 Å². The number of aromatic nitrogens is 1. The summed E-state index contributed by atoms with van der Waals surface area (Å²) in [7, 11) is 0. The molecule has 7 bridgehead atoms. The van der Waals surface area contributed by atoms with Gasteiger partial charge in [-0.25, -0.2) is 4.98 Å². The summed E-state index contributed by atoms with van der Waals surface area (Å²) in [6.45, 7) is 5.39. The number of allylic oxidation sites excluding steroid dienone is 1. The normalized spacial score (nSPS) is 19.2. The fourth-order valence-electron chi connectivity index (χ4n) is 5.30. The van der Waals surface area contributed by atoms with Gasteiger partial charge in [0, 0.05) is 36.8 Å². The Kier molecular flexibility index (Phi) is 7.08. The molecule has 0 saturated heterocycles. The number of rotatable bonds is 2. The zero-order valence-corrected chi connectivity index (χ0v) is 21.3. The van der Waals surface area contributed by atoms with Gasteiger partial charge in [0.2, 0.25) is 5.88 Å². The van der Waals surface area contributed by atoms with E-state index in [9.17, 15) is 14.7 Å². The first-order valence-electron chi connectivity index (χ1n) is 12.9. The van der Waals surface area contributed by atoms with E-state index in [4.69, 9.17) is 4.74 Å². The average Bonchev–Trinajstić information content (AvgIpc) is 2.90. The van der Waals surface area contributed by atoms with Crippen LogP contribution in [0.2, 0.25) is 0 Å². The second-order valence-corrected chi connectivity index (χ2v) is 10.00. The molecular formula is C31H32N2O4. The molecule has 2 aromatic carbocycles. The van der Waals surface area contributed by atoms with E-state index in [-0.39, 0.29) is 11.8 Å². The molecule has 0 spiro atoms. The van der Waals surface area contributed by atoms with Crippen LogP contribution in [0.1, 0.15) is 63.0 Å². The Hall–Kier alpha value is -3.93. The van der Waals surface area contributed by atoms with Gasteiger partial charge in [0.15, 0.2) is 0 Å². The largest absolute Gasteiger partial charge is 0.481 e. The molecule has 2 atom stereocenters. The number of benzene rings is 2. The van der Waals surface area contributed by atoms with Gasteiger partial charge >= 0.3 is 5.97 Å². The highest BCUT2D eigenvalue weighted by atomic mass is 16.5. The number of nitrogens with zero attached hydrogens (tertiary/aromatic N) is 2. The molecule has 0 radical (unpaired) electrons. The van der Waals surface area contributed by atoms with Crippen LogP contribution in [-0.4, -0.2) is 40.0 Å². The molecule has 0 saturated carbocycles. The molecule has 1 N–H and O–H groups in total. The maximum absolute atomic E-state index is 13.3. The van der Waals surface area contributed by atoms with E-state index < -0.39 is 11.9 Å². The lowest BCUT2D eigenvalue weighted by Crippen LogP contribution is -2.36. The van der Waals surface area contributed by atoms with Gasteiger partial charge in [0.05, 0.1) is 12.5 Å². The van der Waals surface area contributed by atoms with Crippen LogP contribution in [0.3, 0.4) is 0 Å². The first-order chi connectivity index (χ1) is 17.9. The maximum Gasteiger partial charge on any atom is 0.307 e. The van der Waals surface area contributed by atoms with Crippen LogP contribution in [-0.2, 0) is 24.2 Å². The van der Waals surface area contributed by atoms with Crippen molar-refractivity contribution in [2.75, 3.05) is 13.2 Å². The molecule has 6 heterocycles. The van der Waals surface area contributed by atoms with Crippen LogP contribution >= 0.6 is 0 Å². The van der Waals surface area contributed by atoms with Crippen LogP contribution in [0.5, 0.6) is 5.88 Å². The zero-order valence-electron chi connectivity index (χ0n) is 21.3. The molecule has 37 heavy (non-hydrogen) atoms. The van der Waals surface area contributed by atoms with Crippen molar-refractivity contribution in [3.05, 3.63) is 106 Å². The summed E-state index contributed by atoms with van der Waals surface area (Å²) >= 11 is 0. The van der Waals surface area contributed by atoms with Crippen molar-refractivity contribution in [3.63, 3.8) is 0 Å². The van der Waals surface area contributed by atoms with E-state index in [1.165, 1.54) is 5.56 Å². The van der Waals surface area contributed by atoms with Crippen LogP contribution in [0.4, 0.5) is 0 Å². The van der Waals surface area contributed by atoms with Gasteiger partial charge in [-0.3, -0.25) is 9.59 Å². The Balaban J connectivity index is 1.57. The number of ether oxygens (including phenoxy) is 1. The predicted octanol–water partition coefficient (Wildman–Crippen LogP) is 5.32. The molecular weight excluding hydrogens is 464 g/mol. The molecule has 5 aliphatic rings. The first-order valence-corrected chi connectivity index (χ1v) is 12.9. The van der Waals surface area contributed by atoms with E-state index in [1.54, 1.807) is 13.1 Å². The zero-order chi connectivity index (χ0) is 25.9. The minimum atomic E-state index is -0.861. The number of aliphatic carboxylic acids is 1. The summed E-state index contributed by atoms with van der Waals surface area (Å²) in [5.41, 5.74) is 6.84. The van der Waals surface area contributed by atoms with E-state index in [1.807, 2.05) is 48.2 Å². The molecule has 5 aliphatic heterocycles. The van der Waals surface area contributed by atoms with E-state index in [2.05, 4.69) is 29.3 Å². The number of carbonyl (C=O) groups is 2. The van der Waals surface area contributed by atoms with E-state index in [0.717, 1.165) is 47.1 Å². The van der Waals surface area contributed by atoms with Crippen molar-refractivity contribution < 1.29 is 19.4 Å². The fraction of sp³-hybridized carbons (Fsp3) is 0.323. The summed E-state index contributed by atoms with van der Waals surface area (Å²) in [5, 5.41) is 9.97. The number of aryl methyl sites for hydroxylation is 1. The van der Waals surface area contributed by atoms with Gasteiger partial charge < -0.3 is 14.7 Å². The molecule has 0 unspecified atom stereocenters. The number of hydrogen-bond donors (Lipinski definition) is 1. The standard InChI is InChI=1S/C31H32N2O4/c1-20-16-28-32-18-27(20)29(21(2)31(35)36)25-12-11-23-13-14-33(19-26(23)17-25)30(34)24-9-7-22(8-10-24)6-4-3-5-15-37-28/h3-4,7-12,16-18,21,29H,5-6,13-15,19H2,1-2H3,(H,35,36)/b4-3+/t21-,29+/m1/s1. The Morgan fingerprint density at radius 1 is 1.11 bits per heavy atom. The summed E-state index contributed by atoms with van der Waals surface area (Å²) in [6.07, 6.45) is 8.28. The second kappa shape index (κ2) is 10.6. The third-order valence-electron chi connectivity index (χ3n) is 7.50. The minimum Gasteiger partial charge on any atom is -0.481 e. The van der Waals surface area contributed by atoms with Gasteiger partial charge in [-0.05, 0) is 71.7 Å². The molecule has 1 amide bonds. The number of hydrogen-bond acceptors (Lipinski definition) is 4. The average molecular weight is 497 g/mol. The van der Waals surface area contributed by atoms with Crippen molar-refractivity contribution in [1.29, 1.82) is 0 Å². The van der Waals surface area contributed by atoms with Gasteiger partial charge in [-0.15, -0.1) is 0 Å². The third-order valence-corrected chi connectivity index (χ3v) is 7.50. The van der Waals surface area contributed by atoms with Crippen molar-refractivity contribution in [3.8, 4) is 5.88 Å². The van der Waals surface area contributed by atoms with Gasteiger partial charge in [-0.2, -0.15) is 0 Å². The highest BCUT2D eigenvalue weighted by Crippen LogP contribution is 2.36. The quantitative estimate of drug-likeness (QED) is 0.486. The van der Waals surface area contributed by atoms with Gasteiger partial charge in [-0.1, -0.05) is 49.4 Å². The van der Waals surface area contributed by atoms with E-state index >= 15 is 0 Å². The smallest absolute Gasteiger partial charge is 0.307 e. The topological polar surface area (TPSA) is 79.7 Å². The van der Waals surface area contributed by atoms with Gasteiger partial charge in [0.25, 0.3) is 5.91 Å². The summed E-state index contributed by atoms with van der Waals surface area (Å²) in [5.74, 6) is -1.33. The summed E-state index contributed by atoms with van der Waals surface area (Å²) in [6, 6.07) is 15.9. The number of amides is 1. The maximum atomic E-state index is 13.3. The fourth-order valence-corrected chi connectivity index (χ4v) is 5.30. The highest BCUT2D eigenvalue weighted by molar-refractivity contribution is 5.94. The molecule has 1 aromatic heterocycles.